The predicted molar refractivity (Wildman–Crippen MR) is 121 cm³/mol. The van der Waals surface area contributed by atoms with E-state index in [1.54, 1.807) is 6.20 Å². The third kappa shape index (κ3) is 3.14. The zero-order valence-corrected chi connectivity index (χ0v) is 18.3. The van der Waals surface area contributed by atoms with E-state index < -0.39 is 11.9 Å². The second-order valence-electron chi connectivity index (χ2n) is 10.2. The maximum Gasteiger partial charge on any atom is 0.260 e. The van der Waals surface area contributed by atoms with Gasteiger partial charge in [-0.25, -0.2) is 4.98 Å². The van der Waals surface area contributed by atoms with Crippen LogP contribution in [0.15, 0.2) is 24.4 Å². The Hall–Kier alpha value is -2.76. The predicted octanol–water partition coefficient (Wildman–Crippen LogP) is 4.46. The number of amides is 3. The van der Waals surface area contributed by atoms with Crippen LogP contribution in [-0.2, 0) is 9.59 Å². The van der Waals surface area contributed by atoms with Gasteiger partial charge in [-0.1, -0.05) is 38.2 Å². The van der Waals surface area contributed by atoms with Crippen molar-refractivity contribution in [1.82, 2.24) is 10.3 Å². The molecule has 6 heteroatoms. The molecule has 4 aliphatic rings. The van der Waals surface area contributed by atoms with Crippen molar-refractivity contribution >= 4 is 34.3 Å². The number of aromatic nitrogens is 1. The van der Waals surface area contributed by atoms with Gasteiger partial charge in [-0.2, -0.15) is 0 Å². The van der Waals surface area contributed by atoms with Crippen molar-refractivity contribution in [3.8, 4) is 0 Å². The average Bonchev–Trinajstić information content (AvgIpc) is 3.32. The number of nitrogens with zero attached hydrogens (tertiary/aromatic N) is 2. The first-order valence-electron chi connectivity index (χ1n) is 12.2. The lowest BCUT2D eigenvalue weighted by Crippen LogP contribution is -2.53. The molecule has 3 unspecified atom stereocenters. The van der Waals surface area contributed by atoms with Gasteiger partial charge in [0.2, 0.25) is 11.8 Å². The number of anilines is 1. The number of rotatable bonds is 5. The molecule has 3 amide bonds. The van der Waals surface area contributed by atoms with Gasteiger partial charge >= 0.3 is 0 Å². The van der Waals surface area contributed by atoms with Gasteiger partial charge in [-0.15, -0.1) is 0 Å². The molecule has 3 atom stereocenters. The van der Waals surface area contributed by atoms with Crippen molar-refractivity contribution in [2.24, 2.45) is 11.8 Å². The Morgan fingerprint density at radius 2 is 1.81 bits per heavy atom. The molecule has 32 heavy (non-hydrogen) atoms. The molecule has 0 spiro atoms. The maximum absolute atomic E-state index is 13.3. The molecule has 2 saturated carbocycles. The highest BCUT2D eigenvalue weighted by Crippen LogP contribution is 2.47. The number of benzene rings is 1. The smallest absolute Gasteiger partial charge is 0.260 e. The van der Waals surface area contributed by atoms with Crippen LogP contribution in [-0.4, -0.2) is 28.7 Å². The van der Waals surface area contributed by atoms with E-state index in [9.17, 15) is 14.4 Å². The molecule has 3 fully saturated rings. The second-order valence-corrected chi connectivity index (χ2v) is 10.2. The first-order valence-corrected chi connectivity index (χ1v) is 12.2. The van der Waals surface area contributed by atoms with Gasteiger partial charge in [-0.3, -0.25) is 24.6 Å². The Bertz CT molecular complexity index is 1120. The Kier molecular flexibility index (Phi) is 4.77. The summed E-state index contributed by atoms with van der Waals surface area (Å²) in [5.74, 6) is 1.99. The van der Waals surface area contributed by atoms with E-state index in [0.717, 1.165) is 22.6 Å². The Labute approximate surface area is 187 Å². The first kappa shape index (κ1) is 19.9. The largest absolute Gasteiger partial charge is 0.295 e. The molecule has 2 aromatic rings. The first-order chi connectivity index (χ1) is 15.6. The fourth-order valence-corrected chi connectivity index (χ4v) is 6.34. The van der Waals surface area contributed by atoms with Crippen LogP contribution >= 0.6 is 0 Å². The summed E-state index contributed by atoms with van der Waals surface area (Å²) in [5, 5.41) is 4.35. The van der Waals surface area contributed by atoms with Crippen molar-refractivity contribution < 1.29 is 14.4 Å². The molecule has 3 heterocycles. The van der Waals surface area contributed by atoms with Crippen molar-refractivity contribution in [1.29, 1.82) is 0 Å². The number of pyridine rings is 1. The molecule has 2 aliphatic heterocycles. The summed E-state index contributed by atoms with van der Waals surface area (Å²) < 4.78 is 0. The standard InChI is InChI=1S/C26H29N3O3/c30-22-11-10-21(25(31)28-22)29-24-23-19(12-13-27-24)18(8-9-20(23)26(29)32)17-7-6-16(14-17)5-4-15-2-1-3-15/h8-9,12-13,15-17,21H,1-7,10-11,14H2,(H,28,30,31). The van der Waals surface area contributed by atoms with E-state index in [4.69, 9.17) is 0 Å². The average molecular weight is 432 g/mol. The minimum absolute atomic E-state index is 0.186. The number of carbonyl (C=O) groups excluding carboxylic acids is 3. The minimum atomic E-state index is -0.684. The van der Waals surface area contributed by atoms with Crippen molar-refractivity contribution in [2.75, 3.05) is 4.90 Å². The van der Waals surface area contributed by atoms with Gasteiger partial charge in [0.1, 0.15) is 11.9 Å². The van der Waals surface area contributed by atoms with Gasteiger partial charge in [-0.05, 0) is 66.5 Å². The highest BCUT2D eigenvalue weighted by atomic mass is 16.2. The third-order valence-corrected chi connectivity index (χ3v) is 8.33. The van der Waals surface area contributed by atoms with Crippen LogP contribution in [0.3, 0.4) is 0 Å². The molecule has 0 radical (unpaired) electrons. The van der Waals surface area contributed by atoms with Crippen LogP contribution in [0.1, 0.15) is 86.0 Å². The number of imide groups is 1. The zero-order chi connectivity index (χ0) is 21.8. The number of piperidine rings is 1. The third-order valence-electron chi connectivity index (χ3n) is 8.33. The summed E-state index contributed by atoms with van der Waals surface area (Å²) >= 11 is 0. The highest BCUT2D eigenvalue weighted by Gasteiger charge is 2.42. The SMILES string of the molecule is O=C1CCC(N2C(=O)c3ccc(C4CCC(CCC5CCC5)C4)c4ccnc2c34)C(=O)N1. The van der Waals surface area contributed by atoms with Crippen LogP contribution in [0.25, 0.3) is 10.8 Å². The van der Waals surface area contributed by atoms with Gasteiger partial charge < -0.3 is 0 Å². The molecule has 166 valence electrons. The summed E-state index contributed by atoms with van der Waals surface area (Å²) in [7, 11) is 0. The van der Waals surface area contributed by atoms with E-state index >= 15 is 0 Å². The lowest BCUT2D eigenvalue weighted by Gasteiger charge is -2.29. The number of nitrogens with one attached hydrogen (secondary N) is 1. The highest BCUT2D eigenvalue weighted by molar-refractivity contribution is 6.26. The van der Waals surface area contributed by atoms with Gasteiger partial charge in [0, 0.05) is 18.0 Å². The molecule has 1 saturated heterocycles. The zero-order valence-electron chi connectivity index (χ0n) is 18.3. The monoisotopic (exact) mass is 431 g/mol. The van der Waals surface area contributed by atoms with Crippen molar-refractivity contribution in [3.05, 3.63) is 35.5 Å². The topological polar surface area (TPSA) is 79.4 Å². The Morgan fingerprint density at radius 3 is 2.59 bits per heavy atom. The van der Waals surface area contributed by atoms with Crippen molar-refractivity contribution in [3.63, 3.8) is 0 Å². The van der Waals surface area contributed by atoms with E-state index in [2.05, 4.69) is 16.4 Å². The Balaban J connectivity index is 1.29. The van der Waals surface area contributed by atoms with E-state index in [1.807, 2.05) is 12.1 Å². The second kappa shape index (κ2) is 7.68. The summed E-state index contributed by atoms with van der Waals surface area (Å²) in [4.78, 5) is 43.4. The maximum atomic E-state index is 13.3. The molecule has 1 N–H and O–H groups in total. The number of carbonyl (C=O) groups is 3. The summed E-state index contributed by atoms with van der Waals surface area (Å²) in [5.41, 5.74) is 1.94. The lowest BCUT2D eigenvalue weighted by atomic mass is 9.80. The van der Waals surface area contributed by atoms with E-state index in [-0.39, 0.29) is 18.2 Å². The molecule has 6 nitrogen and oxygen atoms in total. The van der Waals surface area contributed by atoms with E-state index in [0.29, 0.717) is 23.7 Å². The van der Waals surface area contributed by atoms with E-state index in [1.165, 1.54) is 61.8 Å². The quantitative estimate of drug-likeness (QED) is 0.709. The minimum Gasteiger partial charge on any atom is -0.295 e. The fourth-order valence-electron chi connectivity index (χ4n) is 6.34. The fraction of sp³-hybridized carbons (Fsp3) is 0.538. The van der Waals surface area contributed by atoms with Gasteiger partial charge in [0.05, 0.1) is 5.56 Å². The van der Waals surface area contributed by atoms with Crippen LogP contribution in [0.4, 0.5) is 5.82 Å². The van der Waals surface area contributed by atoms with Crippen LogP contribution < -0.4 is 10.2 Å². The van der Waals surface area contributed by atoms with Gasteiger partial charge in [0.15, 0.2) is 0 Å². The summed E-state index contributed by atoms with van der Waals surface area (Å²) in [6.45, 7) is 0. The Morgan fingerprint density at radius 1 is 0.969 bits per heavy atom. The molecule has 6 rings (SSSR count). The molecule has 1 aromatic carbocycles. The molecular weight excluding hydrogens is 402 g/mol. The summed E-state index contributed by atoms with van der Waals surface area (Å²) in [6, 6.07) is 5.41. The molecule has 2 aliphatic carbocycles. The lowest BCUT2D eigenvalue weighted by molar-refractivity contribution is -0.134. The van der Waals surface area contributed by atoms with Crippen LogP contribution in [0, 0.1) is 11.8 Å². The van der Waals surface area contributed by atoms with Crippen molar-refractivity contribution in [2.45, 2.75) is 76.2 Å². The van der Waals surface area contributed by atoms with Crippen LogP contribution in [0.2, 0.25) is 0 Å². The van der Waals surface area contributed by atoms with Gasteiger partial charge in [0.25, 0.3) is 5.91 Å². The van der Waals surface area contributed by atoms with Crippen LogP contribution in [0.5, 0.6) is 0 Å². The summed E-state index contributed by atoms with van der Waals surface area (Å²) in [6.07, 6.45) is 13.1. The molecule has 0 bridgehead atoms. The molecule has 1 aromatic heterocycles. The molecular formula is C26H29N3O3. The number of hydrogen-bond donors (Lipinski definition) is 1. The normalized spacial score (nSPS) is 27.8. The number of hydrogen-bond acceptors (Lipinski definition) is 4.